The molecular formula is C22H19N5O. The quantitative estimate of drug-likeness (QED) is 0.601. The maximum atomic E-state index is 12.5. The molecule has 1 aliphatic heterocycles. The molecule has 0 unspecified atom stereocenters. The maximum absolute atomic E-state index is 12.5. The third-order valence-electron chi connectivity index (χ3n) is 5.19. The Labute approximate surface area is 161 Å². The molecule has 6 heteroatoms. The second kappa shape index (κ2) is 6.98. The van der Waals surface area contributed by atoms with E-state index >= 15 is 0 Å². The van der Waals surface area contributed by atoms with E-state index in [9.17, 15) is 4.79 Å². The molecule has 3 aromatic heterocycles. The predicted octanol–water partition coefficient (Wildman–Crippen LogP) is 2.94. The molecule has 0 saturated heterocycles. The molecule has 0 amide bonds. The molecule has 0 saturated carbocycles. The summed E-state index contributed by atoms with van der Waals surface area (Å²) in [5, 5.41) is 1.17. The van der Waals surface area contributed by atoms with Crippen LogP contribution < -0.4 is 5.56 Å². The van der Waals surface area contributed by atoms with Crippen molar-refractivity contribution in [2.24, 2.45) is 0 Å². The average molecular weight is 369 g/mol. The van der Waals surface area contributed by atoms with Crippen LogP contribution in [-0.4, -0.2) is 31.4 Å². The van der Waals surface area contributed by atoms with Crippen LogP contribution in [0.1, 0.15) is 16.8 Å². The molecule has 0 bridgehead atoms. The van der Waals surface area contributed by atoms with E-state index < -0.39 is 0 Å². The van der Waals surface area contributed by atoms with Crippen molar-refractivity contribution in [3.8, 4) is 11.5 Å². The van der Waals surface area contributed by atoms with Gasteiger partial charge < -0.3 is 4.98 Å². The maximum Gasteiger partial charge on any atom is 0.254 e. The molecular weight excluding hydrogens is 350 g/mol. The van der Waals surface area contributed by atoms with Crippen LogP contribution in [0.25, 0.3) is 22.4 Å². The summed E-state index contributed by atoms with van der Waals surface area (Å²) >= 11 is 0. The molecule has 28 heavy (non-hydrogen) atoms. The molecule has 1 N–H and O–H groups in total. The van der Waals surface area contributed by atoms with Crippen molar-refractivity contribution in [3.63, 3.8) is 0 Å². The lowest BCUT2D eigenvalue weighted by Crippen LogP contribution is -2.35. The van der Waals surface area contributed by atoms with Gasteiger partial charge in [-0.15, -0.1) is 0 Å². The number of aromatic nitrogens is 4. The number of hydrogen-bond donors (Lipinski definition) is 1. The Morgan fingerprint density at radius 3 is 2.79 bits per heavy atom. The lowest BCUT2D eigenvalue weighted by molar-refractivity contribution is 0.241. The Kier molecular flexibility index (Phi) is 4.18. The fourth-order valence-corrected chi connectivity index (χ4v) is 3.79. The summed E-state index contributed by atoms with van der Waals surface area (Å²) in [7, 11) is 0. The Morgan fingerprint density at radius 1 is 1.00 bits per heavy atom. The summed E-state index contributed by atoms with van der Waals surface area (Å²) in [6.07, 6.45) is 4.26. The Bertz CT molecular complexity index is 1200. The standard InChI is InChI=1S/C22H19N5O/c28-22-17-9-12-27(13-15-8-11-24-18-6-2-1-5-16(15)18)14-20(17)25-21(26-22)19-7-3-4-10-23-19/h1-8,10-11H,9,12-14H2,(H,25,26,28). The van der Waals surface area contributed by atoms with Crippen LogP contribution in [0.4, 0.5) is 0 Å². The van der Waals surface area contributed by atoms with Gasteiger partial charge in [0.2, 0.25) is 0 Å². The molecule has 6 nitrogen and oxygen atoms in total. The highest BCUT2D eigenvalue weighted by Gasteiger charge is 2.22. The van der Waals surface area contributed by atoms with Crippen LogP contribution in [0.15, 0.2) is 65.7 Å². The first-order chi connectivity index (χ1) is 13.8. The number of aromatic amines is 1. The van der Waals surface area contributed by atoms with Gasteiger partial charge in [0.1, 0.15) is 5.69 Å². The van der Waals surface area contributed by atoms with Crippen LogP contribution in [0.3, 0.4) is 0 Å². The zero-order valence-corrected chi connectivity index (χ0v) is 15.3. The lowest BCUT2D eigenvalue weighted by atomic mass is 10.0. The van der Waals surface area contributed by atoms with Gasteiger partial charge in [-0.05, 0) is 36.2 Å². The van der Waals surface area contributed by atoms with Crippen molar-refractivity contribution in [1.82, 2.24) is 24.8 Å². The first-order valence-electron chi connectivity index (χ1n) is 9.36. The van der Waals surface area contributed by atoms with E-state index in [2.05, 4.69) is 32.0 Å². The van der Waals surface area contributed by atoms with Gasteiger partial charge in [0, 0.05) is 43.0 Å². The van der Waals surface area contributed by atoms with Crippen molar-refractivity contribution < 1.29 is 0 Å². The summed E-state index contributed by atoms with van der Waals surface area (Å²) < 4.78 is 0. The summed E-state index contributed by atoms with van der Waals surface area (Å²) in [5.41, 5.74) is 4.50. The zero-order valence-electron chi connectivity index (χ0n) is 15.3. The average Bonchev–Trinajstić information content (AvgIpc) is 2.74. The molecule has 5 rings (SSSR count). The molecule has 4 heterocycles. The molecule has 138 valence electrons. The van der Waals surface area contributed by atoms with E-state index in [0.29, 0.717) is 24.5 Å². The first-order valence-corrected chi connectivity index (χ1v) is 9.36. The van der Waals surface area contributed by atoms with Crippen molar-refractivity contribution >= 4 is 10.9 Å². The third-order valence-corrected chi connectivity index (χ3v) is 5.19. The van der Waals surface area contributed by atoms with Crippen LogP contribution in [0.2, 0.25) is 0 Å². The largest absolute Gasteiger partial charge is 0.305 e. The van der Waals surface area contributed by atoms with Gasteiger partial charge in [-0.3, -0.25) is 19.7 Å². The normalized spacial score (nSPS) is 14.1. The fourth-order valence-electron chi connectivity index (χ4n) is 3.79. The van der Waals surface area contributed by atoms with Crippen LogP contribution in [-0.2, 0) is 19.5 Å². The number of H-pyrrole nitrogens is 1. The van der Waals surface area contributed by atoms with E-state index in [1.54, 1.807) is 6.20 Å². The molecule has 0 aliphatic carbocycles. The third kappa shape index (κ3) is 3.08. The van der Waals surface area contributed by atoms with Gasteiger partial charge in [0.05, 0.1) is 11.2 Å². The van der Waals surface area contributed by atoms with E-state index in [-0.39, 0.29) is 5.56 Å². The summed E-state index contributed by atoms with van der Waals surface area (Å²) in [5.74, 6) is 0.528. The Morgan fingerprint density at radius 2 is 1.89 bits per heavy atom. The number of nitrogens with one attached hydrogen (secondary N) is 1. The Balaban J connectivity index is 1.46. The number of hydrogen-bond acceptors (Lipinski definition) is 5. The number of fused-ring (bicyclic) bond motifs is 2. The molecule has 0 atom stereocenters. The van der Waals surface area contributed by atoms with Crippen LogP contribution in [0, 0.1) is 0 Å². The summed E-state index contributed by atoms with van der Waals surface area (Å²) in [6.45, 7) is 2.28. The monoisotopic (exact) mass is 369 g/mol. The lowest BCUT2D eigenvalue weighted by Gasteiger charge is -2.28. The minimum atomic E-state index is -0.0559. The van der Waals surface area contributed by atoms with Gasteiger partial charge in [0.25, 0.3) is 5.56 Å². The molecule has 1 aliphatic rings. The van der Waals surface area contributed by atoms with Crippen molar-refractivity contribution in [3.05, 3.63) is 88.1 Å². The highest BCUT2D eigenvalue weighted by molar-refractivity contribution is 5.81. The first kappa shape index (κ1) is 16.8. The van der Waals surface area contributed by atoms with Crippen LogP contribution in [0.5, 0.6) is 0 Å². The highest BCUT2D eigenvalue weighted by atomic mass is 16.1. The summed E-state index contributed by atoms with van der Waals surface area (Å²) in [6, 6.07) is 15.9. The van der Waals surface area contributed by atoms with Gasteiger partial charge in [-0.1, -0.05) is 24.3 Å². The van der Waals surface area contributed by atoms with Crippen molar-refractivity contribution in [1.29, 1.82) is 0 Å². The van der Waals surface area contributed by atoms with E-state index in [4.69, 9.17) is 4.98 Å². The van der Waals surface area contributed by atoms with Gasteiger partial charge in [0.15, 0.2) is 5.82 Å². The minimum absolute atomic E-state index is 0.0559. The van der Waals surface area contributed by atoms with E-state index in [1.165, 1.54) is 10.9 Å². The number of nitrogens with zero attached hydrogens (tertiary/aromatic N) is 4. The number of rotatable bonds is 3. The highest BCUT2D eigenvalue weighted by Crippen LogP contribution is 2.22. The Hall–Kier alpha value is -3.38. The summed E-state index contributed by atoms with van der Waals surface area (Å²) in [4.78, 5) is 31.2. The van der Waals surface area contributed by atoms with Gasteiger partial charge >= 0.3 is 0 Å². The number of para-hydroxylation sites is 1. The molecule has 0 spiro atoms. The van der Waals surface area contributed by atoms with Gasteiger partial charge in [-0.2, -0.15) is 0 Å². The van der Waals surface area contributed by atoms with Gasteiger partial charge in [-0.25, -0.2) is 4.98 Å². The molecule has 0 radical (unpaired) electrons. The van der Waals surface area contributed by atoms with E-state index in [1.807, 2.05) is 42.6 Å². The van der Waals surface area contributed by atoms with Crippen LogP contribution >= 0.6 is 0 Å². The smallest absolute Gasteiger partial charge is 0.254 e. The predicted molar refractivity (Wildman–Crippen MR) is 108 cm³/mol. The molecule has 4 aromatic rings. The number of pyridine rings is 2. The second-order valence-electron chi connectivity index (χ2n) is 7.00. The number of benzene rings is 1. The van der Waals surface area contributed by atoms with Crippen molar-refractivity contribution in [2.75, 3.05) is 6.54 Å². The molecule has 1 aromatic carbocycles. The fraction of sp³-hybridized carbons (Fsp3) is 0.182. The topological polar surface area (TPSA) is 74.8 Å². The van der Waals surface area contributed by atoms with Crippen molar-refractivity contribution in [2.45, 2.75) is 19.5 Å². The minimum Gasteiger partial charge on any atom is -0.305 e. The second-order valence-corrected chi connectivity index (χ2v) is 7.00. The molecule has 0 fully saturated rings. The zero-order chi connectivity index (χ0) is 18.9. The van der Waals surface area contributed by atoms with E-state index in [0.717, 1.165) is 29.9 Å². The SMILES string of the molecule is O=c1[nH]c(-c2ccccn2)nc2c1CCN(Cc1ccnc3ccccc13)C2.